The molecular formula is C16H32N4. The molecule has 2 N–H and O–H groups in total. The summed E-state index contributed by atoms with van der Waals surface area (Å²) in [5.74, 6) is 2.51. The zero-order valence-electron chi connectivity index (χ0n) is 14.1. The van der Waals surface area contributed by atoms with E-state index in [1.165, 1.54) is 12.8 Å². The molecule has 116 valence electrons. The molecule has 0 aliphatic rings. The molecule has 0 fully saturated rings. The summed E-state index contributed by atoms with van der Waals surface area (Å²) >= 11 is 0. The molecule has 1 rings (SSSR count). The minimum absolute atomic E-state index is 0.705. The standard InChI is InChI=1S/C16H32N4/c1-7-14-15(17)16(19(6)18-14)20(10-8-12(2)3)11-9-13(4)5/h12-13H,7-11,17H2,1-6H3. The average molecular weight is 280 g/mol. The van der Waals surface area contributed by atoms with E-state index in [2.05, 4.69) is 44.6 Å². The van der Waals surface area contributed by atoms with Crippen molar-refractivity contribution in [3.63, 3.8) is 0 Å². The second-order valence-electron chi connectivity index (χ2n) is 6.51. The maximum Gasteiger partial charge on any atom is 0.150 e. The fourth-order valence-corrected chi connectivity index (χ4v) is 2.37. The molecule has 0 spiro atoms. The summed E-state index contributed by atoms with van der Waals surface area (Å²) in [6.07, 6.45) is 3.26. The highest BCUT2D eigenvalue weighted by Crippen LogP contribution is 2.27. The molecule has 0 saturated heterocycles. The van der Waals surface area contributed by atoms with Crippen LogP contribution in [0.2, 0.25) is 0 Å². The molecule has 4 nitrogen and oxygen atoms in total. The highest BCUT2D eigenvalue weighted by atomic mass is 15.4. The summed E-state index contributed by atoms with van der Waals surface area (Å²) in [4.78, 5) is 2.42. The molecule has 0 aromatic carbocycles. The lowest BCUT2D eigenvalue weighted by atomic mass is 10.1. The van der Waals surface area contributed by atoms with E-state index in [0.29, 0.717) is 11.8 Å². The molecule has 0 atom stereocenters. The van der Waals surface area contributed by atoms with Gasteiger partial charge in [-0.3, -0.25) is 4.68 Å². The van der Waals surface area contributed by atoms with Crippen molar-refractivity contribution < 1.29 is 0 Å². The number of anilines is 2. The van der Waals surface area contributed by atoms with Gasteiger partial charge in [0.25, 0.3) is 0 Å². The summed E-state index contributed by atoms with van der Waals surface area (Å²) in [5, 5.41) is 4.55. The van der Waals surface area contributed by atoms with Crippen molar-refractivity contribution in [1.29, 1.82) is 0 Å². The van der Waals surface area contributed by atoms with Crippen LogP contribution in [0.4, 0.5) is 11.5 Å². The van der Waals surface area contributed by atoms with Crippen LogP contribution >= 0.6 is 0 Å². The molecule has 20 heavy (non-hydrogen) atoms. The maximum atomic E-state index is 6.30. The van der Waals surface area contributed by atoms with Crippen LogP contribution in [0.25, 0.3) is 0 Å². The first-order valence-electron chi connectivity index (χ1n) is 7.93. The molecule has 0 amide bonds. The molecule has 0 unspecified atom stereocenters. The number of nitrogens with zero attached hydrogens (tertiary/aromatic N) is 3. The second-order valence-corrected chi connectivity index (χ2v) is 6.51. The lowest BCUT2D eigenvalue weighted by Gasteiger charge is -2.27. The lowest BCUT2D eigenvalue weighted by Crippen LogP contribution is -2.30. The van der Waals surface area contributed by atoms with Gasteiger partial charge in [0.1, 0.15) is 5.82 Å². The Morgan fingerprint density at radius 3 is 1.95 bits per heavy atom. The van der Waals surface area contributed by atoms with E-state index in [0.717, 1.165) is 36.7 Å². The molecule has 0 aliphatic carbocycles. The van der Waals surface area contributed by atoms with Gasteiger partial charge in [0.15, 0.2) is 0 Å². The molecule has 0 bridgehead atoms. The van der Waals surface area contributed by atoms with Crippen LogP contribution in [0.15, 0.2) is 0 Å². The number of aromatic nitrogens is 2. The van der Waals surface area contributed by atoms with Crippen LogP contribution < -0.4 is 10.6 Å². The van der Waals surface area contributed by atoms with Gasteiger partial charge >= 0.3 is 0 Å². The number of nitrogens with two attached hydrogens (primary N) is 1. The lowest BCUT2D eigenvalue weighted by molar-refractivity contribution is 0.527. The summed E-state index contributed by atoms with van der Waals surface area (Å²) in [5.41, 5.74) is 8.18. The van der Waals surface area contributed by atoms with Crippen LogP contribution in [0.3, 0.4) is 0 Å². The zero-order valence-corrected chi connectivity index (χ0v) is 14.1. The van der Waals surface area contributed by atoms with Gasteiger partial charge in [0, 0.05) is 20.1 Å². The van der Waals surface area contributed by atoms with Crippen molar-refractivity contribution in [1.82, 2.24) is 9.78 Å². The number of hydrogen-bond donors (Lipinski definition) is 1. The van der Waals surface area contributed by atoms with E-state index in [1.807, 2.05) is 11.7 Å². The molecule has 0 saturated carbocycles. The van der Waals surface area contributed by atoms with E-state index in [9.17, 15) is 0 Å². The third kappa shape index (κ3) is 4.43. The van der Waals surface area contributed by atoms with Gasteiger partial charge in [0.05, 0.1) is 11.4 Å². The minimum Gasteiger partial charge on any atom is -0.394 e. The fourth-order valence-electron chi connectivity index (χ4n) is 2.37. The minimum atomic E-state index is 0.705. The monoisotopic (exact) mass is 280 g/mol. The van der Waals surface area contributed by atoms with E-state index in [4.69, 9.17) is 5.73 Å². The van der Waals surface area contributed by atoms with Gasteiger partial charge in [-0.05, 0) is 31.1 Å². The highest BCUT2D eigenvalue weighted by molar-refractivity contribution is 5.66. The Morgan fingerprint density at radius 1 is 1.10 bits per heavy atom. The third-order valence-corrected chi connectivity index (χ3v) is 3.72. The van der Waals surface area contributed by atoms with E-state index < -0.39 is 0 Å². The Morgan fingerprint density at radius 2 is 1.60 bits per heavy atom. The number of hydrogen-bond acceptors (Lipinski definition) is 3. The molecular weight excluding hydrogens is 248 g/mol. The Bertz CT molecular complexity index is 395. The van der Waals surface area contributed by atoms with Gasteiger partial charge in [-0.25, -0.2) is 0 Å². The molecule has 0 aliphatic heterocycles. The first kappa shape index (κ1) is 16.9. The van der Waals surface area contributed by atoms with Crippen LogP contribution in [-0.2, 0) is 13.5 Å². The Hall–Kier alpha value is -1.19. The van der Waals surface area contributed by atoms with Gasteiger partial charge in [-0.15, -0.1) is 0 Å². The van der Waals surface area contributed by atoms with E-state index in [1.54, 1.807) is 0 Å². The largest absolute Gasteiger partial charge is 0.394 e. The Balaban J connectivity index is 2.93. The van der Waals surface area contributed by atoms with Gasteiger partial charge in [-0.2, -0.15) is 5.10 Å². The first-order valence-corrected chi connectivity index (χ1v) is 7.93. The van der Waals surface area contributed by atoms with E-state index >= 15 is 0 Å². The summed E-state index contributed by atoms with van der Waals surface area (Å²) in [7, 11) is 2.00. The molecule has 0 radical (unpaired) electrons. The van der Waals surface area contributed by atoms with Crippen LogP contribution in [-0.4, -0.2) is 22.9 Å². The number of nitrogen functional groups attached to an aromatic ring is 1. The van der Waals surface area contributed by atoms with Gasteiger partial charge in [-0.1, -0.05) is 34.6 Å². The molecule has 1 aromatic rings. The number of aryl methyl sites for hydroxylation is 2. The predicted octanol–water partition coefficient (Wildman–Crippen LogP) is 3.46. The van der Waals surface area contributed by atoms with E-state index in [-0.39, 0.29) is 0 Å². The predicted molar refractivity (Wildman–Crippen MR) is 88.1 cm³/mol. The average Bonchev–Trinajstić information content (AvgIpc) is 2.65. The Labute approximate surface area is 124 Å². The van der Waals surface area contributed by atoms with Crippen molar-refractivity contribution in [2.24, 2.45) is 18.9 Å². The normalized spacial score (nSPS) is 11.6. The van der Waals surface area contributed by atoms with Crippen LogP contribution in [0, 0.1) is 11.8 Å². The van der Waals surface area contributed by atoms with Crippen molar-refractivity contribution in [2.75, 3.05) is 23.7 Å². The van der Waals surface area contributed by atoms with Crippen LogP contribution in [0.1, 0.15) is 53.2 Å². The second kappa shape index (κ2) is 7.55. The molecule has 4 heteroatoms. The van der Waals surface area contributed by atoms with Crippen molar-refractivity contribution >= 4 is 11.5 Å². The summed E-state index contributed by atoms with van der Waals surface area (Å²) in [6.45, 7) is 13.3. The van der Waals surface area contributed by atoms with Crippen molar-refractivity contribution in [2.45, 2.75) is 53.9 Å². The fraction of sp³-hybridized carbons (Fsp3) is 0.812. The summed E-state index contributed by atoms with van der Waals surface area (Å²) in [6, 6.07) is 0. The smallest absolute Gasteiger partial charge is 0.150 e. The third-order valence-electron chi connectivity index (χ3n) is 3.72. The molecule has 1 heterocycles. The van der Waals surface area contributed by atoms with Crippen LogP contribution in [0.5, 0.6) is 0 Å². The number of rotatable bonds is 8. The maximum absolute atomic E-state index is 6.30. The Kier molecular flexibility index (Phi) is 6.37. The topological polar surface area (TPSA) is 47.1 Å². The summed E-state index contributed by atoms with van der Waals surface area (Å²) < 4.78 is 1.95. The van der Waals surface area contributed by atoms with Crippen molar-refractivity contribution in [3.05, 3.63) is 5.69 Å². The van der Waals surface area contributed by atoms with Crippen molar-refractivity contribution in [3.8, 4) is 0 Å². The zero-order chi connectivity index (χ0) is 15.3. The SMILES string of the molecule is CCc1nn(C)c(N(CCC(C)C)CCC(C)C)c1N. The highest BCUT2D eigenvalue weighted by Gasteiger charge is 2.18. The molecule has 1 aromatic heterocycles. The quantitative estimate of drug-likeness (QED) is 0.793. The first-order chi connectivity index (χ1) is 9.36. The van der Waals surface area contributed by atoms with Gasteiger partial charge in [0.2, 0.25) is 0 Å². The van der Waals surface area contributed by atoms with Gasteiger partial charge < -0.3 is 10.6 Å².